The van der Waals surface area contributed by atoms with Gasteiger partial charge in [-0.25, -0.2) is 12.7 Å². The van der Waals surface area contributed by atoms with Gasteiger partial charge in [0.05, 0.1) is 11.8 Å². The summed E-state index contributed by atoms with van der Waals surface area (Å²) in [5.74, 6) is -1.80. The minimum atomic E-state index is -3.51. The first-order chi connectivity index (χ1) is 23.1. The number of piperidine rings is 1. The van der Waals surface area contributed by atoms with E-state index in [0.717, 1.165) is 77.0 Å². The Bertz CT molecular complexity index is 1360. The molecule has 5 atom stereocenters. The van der Waals surface area contributed by atoms with Gasteiger partial charge in [-0.3, -0.25) is 24.0 Å². The van der Waals surface area contributed by atoms with Crippen molar-refractivity contribution in [3.05, 3.63) is 0 Å². The Morgan fingerprint density at radius 3 is 2.02 bits per heavy atom. The second-order valence-electron chi connectivity index (χ2n) is 17.5. The normalized spacial score (nSPS) is 31.2. The van der Waals surface area contributed by atoms with Crippen LogP contribution < -0.4 is 0 Å². The predicted octanol–water partition coefficient (Wildman–Crippen LogP) is 6.32. The van der Waals surface area contributed by atoms with Crippen LogP contribution >= 0.6 is 0 Å². The van der Waals surface area contributed by atoms with Crippen LogP contribution in [0.1, 0.15) is 142 Å². The number of nitrogens with zero attached hydrogens (tertiary/aromatic N) is 2. The number of hydrogen-bond acceptors (Lipinski definition) is 7. The van der Waals surface area contributed by atoms with Crippen molar-refractivity contribution < 1.29 is 32.4 Å². The lowest BCUT2D eigenvalue weighted by molar-refractivity contribution is -0.146. The van der Waals surface area contributed by atoms with E-state index < -0.39 is 39.1 Å². The van der Waals surface area contributed by atoms with Crippen LogP contribution in [0.4, 0.5) is 0 Å². The van der Waals surface area contributed by atoms with Gasteiger partial charge in [0.25, 0.3) is 0 Å². The van der Waals surface area contributed by atoms with Crippen LogP contribution in [0.25, 0.3) is 0 Å². The third-order valence-electron chi connectivity index (χ3n) is 13.0. The summed E-state index contributed by atoms with van der Waals surface area (Å²) < 4.78 is 27.3. The number of Topliss-reactive ketones (excluding diaryl/α,β-unsaturated/α-hetero) is 4. The summed E-state index contributed by atoms with van der Waals surface area (Å²) in [4.78, 5) is 70.8. The molecule has 0 N–H and O–H groups in total. The Balaban J connectivity index is 1.36. The molecular formula is C39H62N2O7S. The Morgan fingerprint density at radius 1 is 0.816 bits per heavy atom. The number of carbonyl (C=O) groups excluding carboxylic acids is 5. The molecule has 49 heavy (non-hydrogen) atoms. The van der Waals surface area contributed by atoms with Gasteiger partial charge in [-0.15, -0.1) is 0 Å². The molecule has 0 bridgehead atoms. The standard InChI is InChI=1S/C39H62N2O7S/c1-38(2)31-25-41-35(34(31)38)32(43)23-28(36(45)33(44)21-27-17-18-27)15-11-8-6-5-7-9-12-16-29(37(41)46)22-30(42)24-39(19-13-10-14-20-39)26-49(47,48)40(3)4/h27-29,31,34-35H,5-26H2,1-4H3/t28-,29-,31+,34+,35-/m1/s1. The first kappa shape index (κ1) is 38.3. The molecule has 1 amide bonds. The van der Waals surface area contributed by atoms with Gasteiger partial charge in [-0.1, -0.05) is 78.1 Å². The molecule has 5 fully saturated rings. The summed E-state index contributed by atoms with van der Waals surface area (Å²) in [6, 6.07) is -0.637. The van der Waals surface area contributed by atoms with E-state index in [0.29, 0.717) is 38.1 Å². The number of sulfonamides is 1. The number of carbonyl (C=O) groups is 5. The fourth-order valence-electron chi connectivity index (χ4n) is 9.65. The predicted molar refractivity (Wildman–Crippen MR) is 189 cm³/mol. The second-order valence-corrected chi connectivity index (χ2v) is 19.6. The average molecular weight is 703 g/mol. The fourth-order valence-corrected chi connectivity index (χ4v) is 11.1. The van der Waals surface area contributed by atoms with Crippen molar-refractivity contribution in [2.24, 2.45) is 40.4 Å². The molecule has 2 heterocycles. The second kappa shape index (κ2) is 15.7. The van der Waals surface area contributed by atoms with Crippen molar-refractivity contribution in [2.75, 3.05) is 26.4 Å². The summed E-state index contributed by atoms with van der Waals surface area (Å²) in [6.07, 6.45) is 14.4. The largest absolute Gasteiger partial charge is 0.332 e. The van der Waals surface area contributed by atoms with E-state index in [1.54, 1.807) is 4.90 Å². The van der Waals surface area contributed by atoms with Gasteiger partial charge < -0.3 is 4.90 Å². The highest BCUT2D eigenvalue weighted by Gasteiger charge is 2.69. The van der Waals surface area contributed by atoms with Crippen molar-refractivity contribution in [1.82, 2.24) is 9.21 Å². The molecule has 10 heteroatoms. The Hall–Kier alpha value is -1.94. The average Bonchev–Trinajstić information content (AvgIpc) is 3.88. The molecule has 0 unspecified atom stereocenters. The molecule has 276 valence electrons. The Labute approximate surface area is 295 Å². The zero-order valence-corrected chi connectivity index (χ0v) is 31.5. The lowest BCUT2D eigenvalue weighted by Gasteiger charge is -2.38. The summed E-state index contributed by atoms with van der Waals surface area (Å²) in [6.45, 7) is 4.76. The van der Waals surface area contributed by atoms with Crippen LogP contribution in [0, 0.1) is 40.4 Å². The van der Waals surface area contributed by atoms with Gasteiger partial charge in [0.1, 0.15) is 5.78 Å². The number of amides is 1. The molecule has 9 nitrogen and oxygen atoms in total. The maximum Gasteiger partial charge on any atom is 0.226 e. The third kappa shape index (κ3) is 9.30. The molecule has 0 aromatic heterocycles. The van der Waals surface area contributed by atoms with Crippen LogP contribution in [0.2, 0.25) is 0 Å². The molecular weight excluding hydrogens is 641 g/mol. The van der Waals surface area contributed by atoms with Gasteiger partial charge >= 0.3 is 0 Å². The highest BCUT2D eigenvalue weighted by atomic mass is 32.2. The van der Waals surface area contributed by atoms with E-state index in [9.17, 15) is 32.4 Å². The number of hydrogen-bond donors (Lipinski definition) is 0. The maximum absolute atomic E-state index is 14.5. The summed E-state index contributed by atoms with van der Waals surface area (Å²) in [5.41, 5.74) is -0.702. The van der Waals surface area contributed by atoms with Gasteiger partial charge in [0.15, 0.2) is 11.6 Å². The first-order valence-electron chi connectivity index (χ1n) is 19.5. The van der Waals surface area contributed by atoms with Gasteiger partial charge in [0, 0.05) is 58.2 Å². The fraction of sp³-hybridized carbons (Fsp3) is 0.872. The Morgan fingerprint density at radius 2 is 1.41 bits per heavy atom. The highest BCUT2D eigenvalue weighted by Crippen LogP contribution is 2.65. The Kier molecular flexibility index (Phi) is 12.3. The van der Waals surface area contributed by atoms with Gasteiger partial charge in [-0.2, -0.15) is 0 Å². The van der Waals surface area contributed by atoms with Crippen LogP contribution in [-0.4, -0.2) is 79.1 Å². The summed E-state index contributed by atoms with van der Waals surface area (Å²) in [5, 5.41) is 0. The summed E-state index contributed by atoms with van der Waals surface area (Å²) >= 11 is 0. The molecule has 2 aliphatic heterocycles. The van der Waals surface area contributed by atoms with Crippen molar-refractivity contribution in [2.45, 2.75) is 148 Å². The maximum atomic E-state index is 14.5. The van der Waals surface area contributed by atoms with E-state index in [1.165, 1.54) is 18.4 Å². The van der Waals surface area contributed by atoms with Crippen LogP contribution in [0.5, 0.6) is 0 Å². The zero-order valence-electron chi connectivity index (χ0n) is 30.7. The minimum Gasteiger partial charge on any atom is -0.332 e. The van der Waals surface area contributed by atoms with Crippen molar-refractivity contribution in [1.29, 1.82) is 0 Å². The van der Waals surface area contributed by atoms with Crippen LogP contribution in [0.15, 0.2) is 0 Å². The zero-order chi connectivity index (χ0) is 35.6. The van der Waals surface area contributed by atoms with Crippen LogP contribution in [0.3, 0.4) is 0 Å². The van der Waals surface area contributed by atoms with E-state index in [4.69, 9.17) is 0 Å². The number of fused-ring (bicyclic) bond motifs is 3. The molecule has 5 aliphatic rings. The van der Waals surface area contributed by atoms with E-state index in [2.05, 4.69) is 13.8 Å². The molecule has 0 spiro atoms. The van der Waals surface area contributed by atoms with E-state index in [1.807, 2.05) is 0 Å². The molecule has 0 radical (unpaired) electrons. The van der Waals surface area contributed by atoms with E-state index >= 15 is 0 Å². The van der Waals surface area contributed by atoms with Gasteiger partial charge in [0.2, 0.25) is 21.7 Å². The molecule has 0 aromatic carbocycles. The minimum absolute atomic E-state index is 0.00451. The van der Waals surface area contributed by atoms with Crippen LogP contribution in [-0.2, 0) is 34.0 Å². The molecule has 3 saturated carbocycles. The van der Waals surface area contributed by atoms with Crippen molar-refractivity contribution in [3.63, 3.8) is 0 Å². The van der Waals surface area contributed by atoms with E-state index in [-0.39, 0.29) is 71.9 Å². The SMILES string of the molecule is CN(C)S(=O)(=O)CC1(CC(=O)C[C@H]2CCCCCCCCC[C@@H](C(=O)C(=O)CC3CC3)CC(=O)[C@@H]3[C@@H]4[C@H](CN3C2=O)C4(C)C)CCCCC1. The molecule has 3 aliphatic carbocycles. The quantitative estimate of drug-likeness (QED) is 0.231. The lowest BCUT2D eigenvalue weighted by atomic mass is 9.71. The molecule has 5 rings (SSSR count). The smallest absolute Gasteiger partial charge is 0.226 e. The molecule has 0 aromatic rings. The lowest BCUT2D eigenvalue weighted by Crippen LogP contribution is -2.49. The van der Waals surface area contributed by atoms with Crippen molar-refractivity contribution in [3.8, 4) is 0 Å². The number of rotatable bonds is 11. The molecule has 2 saturated heterocycles. The first-order valence-corrected chi connectivity index (χ1v) is 21.1. The topological polar surface area (TPSA) is 126 Å². The van der Waals surface area contributed by atoms with Crippen molar-refractivity contribution >= 4 is 39.1 Å². The third-order valence-corrected chi connectivity index (χ3v) is 15.1. The monoisotopic (exact) mass is 702 g/mol. The summed E-state index contributed by atoms with van der Waals surface area (Å²) in [7, 11) is -0.438. The van der Waals surface area contributed by atoms with Gasteiger partial charge in [-0.05, 0) is 67.1 Å². The highest BCUT2D eigenvalue weighted by molar-refractivity contribution is 7.89. The number of ketones is 4.